The highest BCUT2D eigenvalue weighted by molar-refractivity contribution is 5.79. The Kier molecular flexibility index (Phi) is 9.73. The molecule has 0 N–H and O–H groups in total. The zero-order chi connectivity index (χ0) is 18.8. The van der Waals surface area contributed by atoms with Crippen molar-refractivity contribution in [2.45, 2.75) is 59.4 Å². The first-order valence-corrected chi connectivity index (χ1v) is 9.67. The standard InChI is InChI=1S/C21H37N3O/c1-17(2)20(16-19-10-12-22-13-11-19)21(25)24(6)15-9-7-8-14-23(5)18(3)4/h10-13,17-18,20H,7-9,14-16H2,1-6H3. The molecule has 0 saturated heterocycles. The van der Waals surface area contributed by atoms with E-state index >= 15 is 0 Å². The summed E-state index contributed by atoms with van der Waals surface area (Å²) in [7, 11) is 4.12. The molecule has 1 rings (SSSR count). The van der Waals surface area contributed by atoms with Crippen LogP contribution in [0.2, 0.25) is 0 Å². The average Bonchev–Trinajstić information content (AvgIpc) is 2.58. The summed E-state index contributed by atoms with van der Waals surface area (Å²) in [5, 5.41) is 0. The van der Waals surface area contributed by atoms with Gasteiger partial charge in [-0.3, -0.25) is 9.78 Å². The second-order valence-corrected chi connectivity index (χ2v) is 7.80. The Hall–Kier alpha value is -1.42. The fourth-order valence-electron chi connectivity index (χ4n) is 2.92. The van der Waals surface area contributed by atoms with Crippen LogP contribution in [0, 0.1) is 11.8 Å². The lowest BCUT2D eigenvalue weighted by Crippen LogP contribution is -2.37. The number of aromatic nitrogens is 1. The highest BCUT2D eigenvalue weighted by atomic mass is 16.2. The molecule has 0 saturated carbocycles. The fourth-order valence-corrected chi connectivity index (χ4v) is 2.92. The lowest BCUT2D eigenvalue weighted by Gasteiger charge is -2.26. The topological polar surface area (TPSA) is 36.4 Å². The van der Waals surface area contributed by atoms with Gasteiger partial charge in [0.05, 0.1) is 0 Å². The molecule has 1 aromatic rings. The van der Waals surface area contributed by atoms with E-state index in [9.17, 15) is 4.79 Å². The molecule has 25 heavy (non-hydrogen) atoms. The van der Waals surface area contributed by atoms with Crippen LogP contribution >= 0.6 is 0 Å². The van der Waals surface area contributed by atoms with Crippen molar-refractivity contribution in [1.82, 2.24) is 14.8 Å². The minimum Gasteiger partial charge on any atom is -0.346 e. The van der Waals surface area contributed by atoms with Gasteiger partial charge in [-0.2, -0.15) is 0 Å². The number of hydrogen-bond donors (Lipinski definition) is 0. The number of unbranched alkanes of at least 4 members (excludes halogenated alkanes) is 2. The monoisotopic (exact) mass is 347 g/mol. The van der Waals surface area contributed by atoms with Crippen molar-refractivity contribution in [3.8, 4) is 0 Å². The molecule has 1 amide bonds. The van der Waals surface area contributed by atoms with Crippen molar-refractivity contribution in [3.63, 3.8) is 0 Å². The smallest absolute Gasteiger partial charge is 0.226 e. The Morgan fingerprint density at radius 2 is 1.60 bits per heavy atom. The van der Waals surface area contributed by atoms with E-state index in [0.717, 1.165) is 25.9 Å². The van der Waals surface area contributed by atoms with Crippen molar-refractivity contribution in [2.24, 2.45) is 11.8 Å². The van der Waals surface area contributed by atoms with Gasteiger partial charge in [0.25, 0.3) is 0 Å². The number of carbonyl (C=O) groups is 1. The van der Waals surface area contributed by atoms with Crippen LogP contribution in [0.15, 0.2) is 24.5 Å². The van der Waals surface area contributed by atoms with E-state index in [1.807, 2.05) is 24.1 Å². The molecule has 0 radical (unpaired) electrons. The van der Waals surface area contributed by atoms with Gasteiger partial charge in [0.1, 0.15) is 0 Å². The summed E-state index contributed by atoms with van der Waals surface area (Å²) >= 11 is 0. The van der Waals surface area contributed by atoms with Crippen molar-refractivity contribution in [2.75, 3.05) is 27.2 Å². The predicted molar refractivity (Wildman–Crippen MR) is 106 cm³/mol. The molecule has 4 heteroatoms. The zero-order valence-electron chi connectivity index (χ0n) is 17.0. The van der Waals surface area contributed by atoms with Crippen molar-refractivity contribution >= 4 is 5.91 Å². The molecule has 1 unspecified atom stereocenters. The maximum atomic E-state index is 12.9. The van der Waals surface area contributed by atoms with Crippen molar-refractivity contribution in [3.05, 3.63) is 30.1 Å². The fraction of sp³-hybridized carbons (Fsp3) is 0.714. The number of hydrogen-bond acceptors (Lipinski definition) is 3. The quantitative estimate of drug-likeness (QED) is 0.570. The van der Waals surface area contributed by atoms with Crippen molar-refractivity contribution in [1.29, 1.82) is 0 Å². The van der Waals surface area contributed by atoms with Crippen LogP contribution < -0.4 is 0 Å². The zero-order valence-corrected chi connectivity index (χ0v) is 17.0. The number of carbonyl (C=O) groups excluding carboxylic acids is 1. The van der Waals surface area contributed by atoms with Crippen LogP contribution in [0.5, 0.6) is 0 Å². The largest absolute Gasteiger partial charge is 0.346 e. The maximum Gasteiger partial charge on any atom is 0.226 e. The molecule has 0 fully saturated rings. The summed E-state index contributed by atoms with van der Waals surface area (Å²) in [6.07, 6.45) is 7.84. The lowest BCUT2D eigenvalue weighted by molar-refractivity contribution is -0.135. The van der Waals surface area contributed by atoms with Crippen LogP contribution in [-0.4, -0.2) is 53.9 Å². The van der Waals surface area contributed by atoms with E-state index in [1.54, 1.807) is 12.4 Å². The van der Waals surface area contributed by atoms with Gasteiger partial charge in [-0.1, -0.05) is 20.3 Å². The minimum atomic E-state index is 0.0412. The van der Waals surface area contributed by atoms with Gasteiger partial charge in [-0.15, -0.1) is 0 Å². The third-order valence-corrected chi connectivity index (χ3v) is 5.09. The highest BCUT2D eigenvalue weighted by Crippen LogP contribution is 2.19. The lowest BCUT2D eigenvalue weighted by atomic mass is 9.88. The van der Waals surface area contributed by atoms with Crippen LogP contribution in [0.25, 0.3) is 0 Å². The first-order valence-electron chi connectivity index (χ1n) is 9.67. The maximum absolute atomic E-state index is 12.9. The normalized spacial score (nSPS) is 12.8. The summed E-state index contributed by atoms with van der Waals surface area (Å²) in [5.41, 5.74) is 1.19. The van der Waals surface area contributed by atoms with Gasteiger partial charge in [-0.05, 0) is 70.3 Å². The third-order valence-electron chi connectivity index (χ3n) is 5.09. The first-order chi connectivity index (χ1) is 11.8. The summed E-state index contributed by atoms with van der Waals surface area (Å²) in [5.74, 6) is 0.647. The van der Waals surface area contributed by atoms with Gasteiger partial charge in [0, 0.05) is 37.9 Å². The Labute approximate surface area is 154 Å². The molecule has 0 aliphatic carbocycles. The summed E-state index contributed by atoms with van der Waals surface area (Å²) in [6.45, 7) is 10.7. The average molecular weight is 348 g/mol. The van der Waals surface area contributed by atoms with E-state index in [-0.39, 0.29) is 11.8 Å². The second-order valence-electron chi connectivity index (χ2n) is 7.80. The van der Waals surface area contributed by atoms with Crippen LogP contribution in [-0.2, 0) is 11.2 Å². The minimum absolute atomic E-state index is 0.0412. The number of rotatable bonds is 11. The summed E-state index contributed by atoms with van der Waals surface area (Å²) in [4.78, 5) is 21.2. The second kappa shape index (κ2) is 11.2. The summed E-state index contributed by atoms with van der Waals surface area (Å²) in [6, 6.07) is 4.62. The number of amides is 1. The number of nitrogens with zero attached hydrogens (tertiary/aromatic N) is 3. The molecular weight excluding hydrogens is 310 g/mol. The summed E-state index contributed by atoms with van der Waals surface area (Å²) < 4.78 is 0. The van der Waals surface area contributed by atoms with E-state index in [4.69, 9.17) is 0 Å². The van der Waals surface area contributed by atoms with Crippen LogP contribution in [0.4, 0.5) is 0 Å². The Balaban J connectivity index is 2.41. The Bertz CT molecular complexity index is 487. The van der Waals surface area contributed by atoms with E-state index in [1.165, 1.54) is 18.4 Å². The van der Waals surface area contributed by atoms with Crippen LogP contribution in [0.3, 0.4) is 0 Å². The van der Waals surface area contributed by atoms with Gasteiger partial charge in [0.15, 0.2) is 0 Å². The molecule has 1 aromatic heterocycles. The molecule has 0 aromatic carbocycles. The van der Waals surface area contributed by atoms with Gasteiger partial charge < -0.3 is 9.80 Å². The van der Waals surface area contributed by atoms with E-state index in [0.29, 0.717) is 12.0 Å². The molecule has 4 nitrogen and oxygen atoms in total. The van der Waals surface area contributed by atoms with E-state index in [2.05, 4.69) is 44.6 Å². The van der Waals surface area contributed by atoms with Crippen LogP contribution in [0.1, 0.15) is 52.5 Å². The van der Waals surface area contributed by atoms with Gasteiger partial charge in [-0.25, -0.2) is 0 Å². The number of pyridine rings is 1. The van der Waals surface area contributed by atoms with Gasteiger partial charge in [0.2, 0.25) is 5.91 Å². The third kappa shape index (κ3) is 8.00. The molecular formula is C21H37N3O. The Morgan fingerprint density at radius 3 is 2.16 bits per heavy atom. The molecule has 1 atom stereocenters. The molecule has 1 heterocycles. The molecule has 0 aliphatic rings. The molecule has 0 aliphatic heterocycles. The van der Waals surface area contributed by atoms with Gasteiger partial charge >= 0.3 is 0 Å². The highest BCUT2D eigenvalue weighted by Gasteiger charge is 2.25. The molecule has 142 valence electrons. The first kappa shape index (κ1) is 21.6. The van der Waals surface area contributed by atoms with E-state index < -0.39 is 0 Å². The molecule has 0 bridgehead atoms. The molecule has 0 spiro atoms. The predicted octanol–water partition coefficient (Wildman–Crippen LogP) is 3.87. The SMILES string of the molecule is CC(C)C(Cc1ccncc1)C(=O)N(C)CCCCCN(C)C(C)C. The van der Waals surface area contributed by atoms with Crippen molar-refractivity contribution < 1.29 is 4.79 Å². The Morgan fingerprint density at radius 1 is 1.00 bits per heavy atom.